The monoisotopic (exact) mass is 575 g/mol. The summed E-state index contributed by atoms with van der Waals surface area (Å²) < 4.78 is 43.6. The average molecular weight is 576 g/mol. The number of halogens is 3. The predicted octanol–water partition coefficient (Wildman–Crippen LogP) is 3.63. The van der Waals surface area contributed by atoms with E-state index in [4.69, 9.17) is 4.74 Å². The van der Waals surface area contributed by atoms with Gasteiger partial charge in [0.15, 0.2) is 0 Å². The fourth-order valence-electron chi connectivity index (χ4n) is 4.64. The Morgan fingerprint density at radius 2 is 1.76 bits per heavy atom. The fraction of sp³-hybridized carbons (Fsp3) is 0.536. The maximum absolute atomic E-state index is 12.8. The van der Waals surface area contributed by atoms with Crippen molar-refractivity contribution in [2.24, 2.45) is 4.99 Å². The van der Waals surface area contributed by atoms with E-state index in [0.29, 0.717) is 38.7 Å². The van der Waals surface area contributed by atoms with Gasteiger partial charge in [0.25, 0.3) is 0 Å². The van der Waals surface area contributed by atoms with Gasteiger partial charge in [-0.2, -0.15) is 13.2 Å². The minimum atomic E-state index is -4.36. The van der Waals surface area contributed by atoms with E-state index in [1.807, 2.05) is 6.08 Å². The summed E-state index contributed by atoms with van der Waals surface area (Å²) in [5.41, 5.74) is 1.58. The number of anilines is 1. The molecule has 1 aliphatic carbocycles. The van der Waals surface area contributed by atoms with Gasteiger partial charge in [-0.05, 0) is 39.2 Å². The molecule has 13 heteroatoms. The molecule has 2 N–H and O–H groups in total. The number of ether oxygens (including phenoxy) is 1. The molecule has 2 amide bonds. The largest absolute Gasteiger partial charge is 0.444 e. The molecule has 0 saturated carbocycles. The molecular weight excluding hydrogens is 539 g/mol. The lowest BCUT2D eigenvalue weighted by molar-refractivity contribution is -0.120. The topological polar surface area (TPSA) is 112 Å². The highest BCUT2D eigenvalue weighted by atomic mass is 19.4. The predicted molar refractivity (Wildman–Crippen MR) is 149 cm³/mol. The number of carbonyl (C=O) groups excluding carboxylic acids is 2. The zero-order valence-electron chi connectivity index (χ0n) is 23.5. The Kier molecular flexibility index (Phi) is 9.46. The van der Waals surface area contributed by atoms with Crippen LogP contribution in [0.3, 0.4) is 0 Å². The van der Waals surface area contributed by atoms with E-state index in [1.165, 1.54) is 6.08 Å². The number of alkyl halides is 3. The Labute approximate surface area is 237 Å². The van der Waals surface area contributed by atoms with Crippen molar-refractivity contribution in [2.45, 2.75) is 58.0 Å². The SMILES string of the molecule is CC(C)(C)OC(=O)NCC(=O)NCC1=CC(c2cnc(N3CCN(C4CC=C(C(F)(F)F)C=N4)CC3)nc2)=CCC1. The Hall–Kier alpha value is -3.74. The number of aromatic nitrogens is 2. The highest BCUT2D eigenvalue weighted by Gasteiger charge is 2.35. The molecule has 4 rings (SSSR count). The summed E-state index contributed by atoms with van der Waals surface area (Å²) >= 11 is 0. The molecule has 0 radical (unpaired) electrons. The number of aliphatic imine (C=N–C) groups is 1. The van der Waals surface area contributed by atoms with Crippen LogP contribution in [0.1, 0.15) is 45.6 Å². The third-order valence-electron chi connectivity index (χ3n) is 6.75. The minimum absolute atomic E-state index is 0.168. The third kappa shape index (κ3) is 8.87. The highest BCUT2D eigenvalue weighted by molar-refractivity contribution is 5.83. The molecular formula is C28H36F3N7O3. The first-order valence-electron chi connectivity index (χ1n) is 13.6. The van der Waals surface area contributed by atoms with Gasteiger partial charge >= 0.3 is 12.3 Å². The molecule has 1 fully saturated rings. The first-order chi connectivity index (χ1) is 19.4. The van der Waals surface area contributed by atoms with Crippen LogP contribution < -0.4 is 15.5 Å². The average Bonchev–Trinajstić information content (AvgIpc) is 2.94. The second-order valence-electron chi connectivity index (χ2n) is 11.1. The minimum Gasteiger partial charge on any atom is -0.444 e. The summed E-state index contributed by atoms with van der Waals surface area (Å²) in [5, 5.41) is 5.27. The molecule has 222 valence electrons. The van der Waals surface area contributed by atoms with E-state index in [0.717, 1.165) is 35.8 Å². The van der Waals surface area contributed by atoms with Crippen LogP contribution in [-0.4, -0.2) is 90.3 Å². The van der Waals surface area contributed by atoms with E-state index in [9.17, 15) is 22.8 Å². The van der Waals surface area contributed by atoms with Crippen LogP contribution in [0.2, 0.25) is 0 Å². The molecule has 3 heterocycles. The van der Waals surface area contributed by atoms with E-state index in [-0.39, 0.29) is 25.0 Å². The number of alkyl carbamates (subject to hydrolysis) is 1. The van der Waals surface area contributed by atoms with Gasteiger partial charge in [0.05, 0.1) is 5.57 Å². The molecule has 0 spiro atoms. The molecule has 41 heavy (non-hydrogen) atoms. The zero-order valence-corrected chi connectivity index (χ0v) is 23.5. The van der Waals surface area contributed by atoms with Crippen molar-refractivity contribution in [3.63, 3.8) is 0 Å². The normalized spacial score (nSPS) is 20.1. The number of amides is 2. The van der Waals surface area contributed by atoms with Gasteiger partial charge < -0.3 is 20.3 Å². The summed E-state index contributed by atoms with van der Waals surface area (Å²) in [6.45, 7) is 8.06. The van der Waals surface area contributed by atoms with Crippen LogP contribution >= 0.6 is 0 Å². The second kappa shape index (κ2) is 12.8. The number of dihydropyridines is 1. The molecule has 3 aliphatic rings. The quantitative estimate of drug-likeness (QED) is 0.511. The number of rotatable bonds is 7. The maximum atomic E-state index is 12.8. The third-order valence-corrected chi connectivity index (χ3v) is 6.75. The second-order valence-corrected chi connectivity index (χ2v) is 11.1. The molecule has 1 unspecified atom stereocenters. The van der Waals surface area contributed by atoms with Gasteiger partial charge in [-0.15, -0.1) is 0 Å². The highest BCUT2D eigenvalue weighted by Crippen LogP contribution is 2.28. The first-order valence-corrected chi connectivity index (χ1v) is 13.6. The smallest absolute Gasteiger partial charge is 0.417 e. The van der Waals surface area contributed by atoms with Gasteiger partial charge in [0, 0.05) is 63.3 Å². The van der Waals surface area contributed by atoms with Crippen molar-refractivity contribution in [1.29, 1.82) is 0 Å². The number of allylic oxidation sites excluding steroid dienone is 4. The summed E-state index contributed by atoms with van der Waals surface area (Å²) in [6.07, 6.45) is 6.41. The zero-order chi connectivity index (χ0) is 29.6. The maximum Gasteiger partial charge on any atom is 0.417 e. The van der Waals surface area contributed by atoms with Crippen molar-refractivity contribution in [3.8, 4) is 0 Å². The van der Waals surface area contributed by atoms with Crippen LogP contribution in [0, 0.1) is 0 Å². The van der Waals surface area contributed by atoms with Crippen molar-refractivity contribution in [1.82, 2.24) is 25.5 Å². The van der Waals surface area contributed by atoms with Crippen molar-refractivity contribution >= 4 is 29.7 Å². The van der Waals surface area contributed by atoms with Gasteiger partial charge in [0.1, 0.15) is 18.3 Å². The summed E-state index contributed by atoms with van der Waals surface area (Å²) in [4.78, 5) is 41.3. The Bertz CT molecular complexity index is 1230. The van der Waals surface area contributed by atoms with Crippen LogP contribution in [-0.2, 0) is 9.53 Å². The van der Waals surface area contributed by atoms with E-state index < -0.39 is 23.4 Å². The van der Waals surface area contributed by atoms with Crippen molar-refractivity contribution < 1.29 is 27.5 Å². The van der Waals surface area contributed by atoms with E-state index >= 15 is 0 Å². The van der Waals surface area contributed by atoms with E-state index in [1.54, 1.807) is 33.2 Å². The van der Waals surface area contributed by atoms with Gasteiger partial charge in [-0.3, -0.25) is 14.7 Å². The molecule has 1 aromatic heterocycles. The number of hydrogen-bond donors (Lipinski definition) is 2. The molecule has 0 aromatic carbocycles. The molecule has 1 aromatic rings. The van der Waals surface area contributed by atoms with Crippen LogP contribution in [0.4, 0.5) is 23.9 Å². The number of nitrogens with one attached hydrogen (secondary N) is 2. The standard InChI is InChI=1S/C28H36F3N7O3/c1-27(2,3)41-26(40)36-18-24(39)33-14-19-5-4-6-20(13-19)21-15-34-25(35-16-21)38-11-9-37(10-12-38)23-8-7-22(17-32-23)28(29,30)31/h6-7,13,15-17,23H,4-5,8-12,14,18H2,1-3H3,(H,33,39)(H,36,40). The fourth-order valence-corrected chi connectivity index (χ4v) is 4.64. The first kappa shape index (κ1) is 30.2. The van der Waals surface area contributed by atoms with Gasteiger partial charge in [-0.1, -0.05) is 23.8 Å². The number of carbonyl (C=O) groups is 2. The summed E-state index contributed by atoms with van der Waals surface area (Å²) in [6, 6.07) is 0. The molecule has 0 bridgehead atoms. The van der Waals surface area contributed by atoms with Crippen LogP contribution in [0.5, 0.6) is 0 Å². The summed E-state index contributed by atoms with van der Waals surface area (Å²) in [7, 11) is 0. The Morgan fingerprint density at radius 1 is 1.05 bits per heavy atom. The molecule has 10 nitrogen and oxygen atoms in total. The molecule has 2 aliphatic heterocycles. The van der Waals surface area contributed by atoms with Crippen molar-refractivity contribution in [3.05, 3.63) is 47.3 Å². The van der Waals surface area contributed by atoms with Crippen LogP contribution in [0.25, 0.3) is 5.57 Å². The Morgan fingerprint density at radius 3 is 2.37 bits per heavy atom. The number of nitrogens with zero attached hydrogens (tertiary/aromatic N) is 5. The van der Waals surface area contributed by atoms with Gasteiger partial charge in [-0.25, -0.2) is 14.8 Å². The molecule has 1 saturated heterocycles. The lowest BCUT2D eigenvalue weighted by Crippen LogP contribution is -2.50. The number of piperazine rings is 1. The van der Waals surface area contributed by atoms with Gasteiger partial charge in [0.2, 0.25) is 11.9 Å². The Balaban J connectivity index is 1.23. The van der Waals surface area contributed by atoms with E-state index in [2.05, 4.69) is 41.5 Å². The van der Waals surface area contributed by atoms with Crippen LogP contribution in [0.15, 0.2) is 46.8 Å². The lowest BCUT2D eigenvalue weighted by atomic mass is 9.96. The van der Waals surface area contributed by atoms with Crippen molar-refractivity contribution in [2.75, 3.05) is 44.2 Å². The molecule has 1 atom stereocenters. The summed E-state index contributed by atoms with van der Waals surface area (Å²) in [5.74, 6) is 0.295. The lowest BCUT2D eigenvalue weighted by Gasteiger charge is -2.38. The number of hydrogen-bond acceptors (Lipinski definition) is 8.